The number of likely N-dealkylation sites (tertiary alicyclic amines) is 1. The fourth-order valence-corrected chi connectivity index (χ4v) is 5.34. The summed E-state index contributed by atoms with van der Waals surface area (Å²) >= 11 is 0. The van der Waals surface area contributed by atoms with E-state index >= 15 is 0 Å². The maximum Gasteiger partial charge on any atom is 0.347 e. The zero-order chi connectivity index (χ0) is 22.5. The summed E-state index contributed by atoms with van der Waals surface area (Å²) in [6.45, 7) is 1.92. The molecule has 1 N–H and O–H groups in total. The van der Waals surface area contributed by atoms with Gasteiger partial charge >= 0.3 is 5.69 Å². The van der Waals surface area contributed by atoms with Gasteiger partial charge in [0, 0.05) is 50.5 Å². The van der Waals surface area contributed by atoms with E-state index in [1.54, 1.807) is 12.3 Å². The largest absolute Gasteiger partial charge is 0.483 e. The van der Waals surface area contributed by atoms with E-state index in [0.717, 1.165) is 25.8 Å². The summed E-state index contributed by atoms with van der Waals surface area (Å²) in [5.41, 5.74) is -0.400. The van der Waals surface area contributed by atoms with Gasteiger partial charge in [-0.15, -0.1) is 0 Å². The van der Waals surface area contributed by atoms with Crippen molar-refractivity contribution in [1.29, 1.82) is 0 Å². The van der Waals surface area contributed by atoms with E-state index in [2.05, 4.69) is 14.8 Å². The average molecular weight is 434 g/mol. The highest BCUT2D eigenvalue weighted by Gasteiger charge is 2.49. The van der Waals surface area contributed by atoms with E-state index in [1.165, 1.54) is 10.8 Å². The molecule has 4 rings (SSSR count). The Balaban J connectivity index is 0.000000858. The molecule has 0 aliphatic carbocycles. The third kappa shape index (κ3) is 5.12. The molecule has 10 nitrogen and oxygen atoms in total. The van der Waals surface area contributed by atoms with Crippen LogP contribution in [0.25, 0.3) is 0 Å². The molecule has 2 bridgehead atoms. The Labute approximate surface area is 181 Å². The molecule has 3 fully saturated rings. The molecule has 0 unspecified atom stereocenters. The molecule has 0 radical (unpaired) electrons. The number of carbonyl (C=O) groups is 3. The fraction of sp³-hybridized carbons (Fsp3) is 0.667. The minimum absolute atomic E-state index is 0.0256. The first-order chi connectivity index (χ1) is 14.8. The molecule has 4 heterocycles. The van der Waals surface area contributed by atoms with Crippen LogP contribution in [0.2, 0.25) is 0 Å². The molecule has 1 aromatic rings. The van der Waals surface area contributed by atoms with Crippen molar-refractivity contribution < 1.29 is 19.5 Å². The second-order valence-electron chi connectivity index (χ2n) is 8.78. The van der Waals surface area contributed by atoms with Crippen molar-refractivity contribution in [3.63, 3.8) is 0 Å². The average Bonchev–Trinajstić information content (AvgIpc) is 2.73. The van der Waals surface area contributed by atoms with Gasteiger partial charge in [-0.2, -0.15) is 0 Å². The first-order valence-corrected chi connectivity index (χ1v) is 10.7. The number of fused-ring (bicyclic) bond motifs is 4. The number of piperidine rings is 3. The van der Waals surface area contributed by atoms with Crippen LogP contribution in [0.1, 0.15) is 25.7 Å². The van der Waals surface area contributed by atoms with Crippen LogP contribution in [0.4, 0.5) is 0 Å². The Kier molecular flexibility index (Phi) is 7.42. The number of carboxylic acid groups (broad SMARTS) is 1. The van der Waals surface area contributed by atoms with Crippen molar-refractivity contribution in [2.24, 2.45) is 11.8 Å². The van der Waals surface area contributed by atoms with E-state index in [4.69, 9.17) is 9.90 Å². The van der Waals surface area contributed by atoms with Crippen LogP contribution in [0.3, 0.4) is 0 Å². The van der Waals surface area contributed by atoms with E-state index in [9.17, 15) is 14.4 Å². The Bertz CT molecular complexity index is 857. The van der Waals surface area contributed by atoms with Gasteiger partial charge in [0.15, 0.2) is 0 Å². The molecule has 3 aliphatic heterocycles. The molecule has 170 valence electrons. The van der Waals surface area contributed by atoms with Crippen LogP contribution < -0.4 is 5.69 Å². The van der Waals surface area contributed by atoms with Gasteiger partial charge in [0.05, 0.1) is 0 Å². The molecule has 4 atom stereocenters. The summed E-state index contributed by atoms with van der Waals surface area (Å²) in [5.74, 6) is 0.855. The van der Waals surface area contributed by atoms with Gasteiger partial charge in [0.1, 0.15) is 6.54 Å². The maximum atomic E-state index is 13.0. The Morgan fingerprint density at radius 2 is 2.00 bits per heavy atom. The van der Waals surface area contributed by atoms with Crippen LogP contribution in [-0.4, -0.2) is 93.5 Å². The standard InChI is InChI=1S/C20H29N5O3.CH2O2/c1-22(2)12-17-15-9-14(16-5-3-6-18(26)25(16)17)10-24(11-15)19(27)13-23-8-4-7-21-20(23)28;2-1-3/h4,7-8,14-17H,3,5-6,9-13H2,1-2H3;1H,(H,2,3)/t14-,15+,16+,17+;/m1./s1. The summed E-state index contributed by atoms with van der Waals surface area (Å²) in [5, 5.41) is 6.89. The lowest BCUT2D eigenvalue weighted by molar-refractivity contribution is -0.157. The minimum Gasteiger partial charge on any atom is -0.483 e. The highest BCUT2D eigenvalue weighted by Crippen LogP contribution is 2.41. The smallest absolute Gasteiger partial charge is 0.347 e. The van der Waals surface area contributed by atoms with Crippen molar-refractivity contribution in [3.05, 3.63) is 28.9 Å². The van der Waals surface area contributed by atoms with Gasteiger partial charge in [-0.05, 0) is 51.3 Å². The van der Waals surface area contributed by atoms with Gasteiger partial charge in [-0.1, -0.05) is 0 Å². The van der Waals surface area contributed by atoms with E-state index in [0.29, 0.717) is 25.4 Å². The fourth-order valence-electron chi connectivity index (χ4n) is 5.34. The summed E-state index contributed by atoms with van der Waals surface area (Å²) < 4.78 is 1.36. The molecule has 0 saturated carbocycles. The lowest BCUT2D eigenvalue weighted by Gasteiger charge is -2.57. The molecular weight excluding hydrogens is 402 g/mol. The van der Waals surface area contributed by atoms with Crippen molar-refractivity contribution in [1.82, 2.24) is 24.3 Å². The summed E-state index contributed by atoms with van der Waals surface area (Å²) in [6, 6.07) is 2.05. The highest BCUT2D eigenvalue weighted by molar-refractivity contribution is 5.78. The van der Waals surface area contributed by atoms with Gasteiger partial charge in [0.2, 0.25) is 11.8 Å². The first-order valence-electron chi connectivity index (χ1n) is 10.7. The van der Waals surface area contributed by atoms with E-state index < -0.39 is 5.69 Å². The summed E-state index contributed by atoms with van der Waals surface area (Å²) in [6.07, 6.45) is 6.73. The molecule has 2 amide bonds. The maximum absolute atomic E-state index is 13.0. The van der Waals surface area contributed by atoms with E-state index in [-0.39, 0.29) is 42.8 Å². The molecule has 31 heavy (non-hydrogen) atoms. The highest BCUT2D eigenvalue weighted by atomic mass is 16.3. The van der Waals surface area contributed by atoms with Gasteiger partial charge in [0.25, 0.3) is 6.47 Å². The number of carbonyl (C=O) groups excluding carboxylic acids is 2. The van der Waals surface area contributed by atoms with Crippen molar-refractivity contribution in [3.8, 4) is 0 Å². The van der Waals surface area contributed by atoms with Gasteiger partial charge in [-0.25, -0.2) is 9.78 Å². The van der Waals surface area contributed by atoms with Crippen LogP contribution in [0, 0.1) is 11.8 Å². The monoisotopic (exact) mass is 433 g/mol. The number of hydrogen-bond acceptors (Lipinski definition) is 6. The van der Waals surface area contributed by atoms with Crippen molar-refractivity contribution >= 4 is 18.3 Å². The van der Waals surface area contributed by atoms with Crippen LogP contribution in [0.15, 0.2) is 23.3 Å². The number of rotatable bonds is 4. The van der Waals surface area contributed by atoms with Crippen LogP contribution in [0.5, 0.6) is 0 Å². The molecule has 10 heteroatoms. The minimum atomic E-state index is -0.400. The van der Waals surface area contributed by atoms with Gasteiger partial charge < -0.3 is 19.8 Å². The summed E-state index contributed by atoms with van der Waals surface area (Å²) in [7, 11) is 4.08. The third-order valence-electron chi connectivity index (χ3n) is 6.49. The Morgan fingerprint density at radius 1 is 1.29 bits per heavy atom. The van der Waals surface area contributed by atoms with Crippen LogP contribution in [-0.2, 0) is 20.9 Å². The molecule has 0 spiro atoms. The van der Waals surface area contributed by atoms with Crippen molar-refractivity contribution in [2.45, 2.75) is 44.3 Å². The topological polar surface area (TPSA) is 116 Å². The predicted octanol–water partition coefficient (Wildman–Crippen LogP) is -0.266. The normalized spacial score (nSPS) is 27.3. The molecular formula is C21H31N5O5. The number of nitrogens with zero attached hydrogens (tertiary/aromatic N) is 5. The predicted molar refractivity (Wildman–Crippen MR) is 112 cm³/mol. The number of aromatic nitrogens is 2. The second kappa shape index (κ2) is 10.0. The number of hydrogen-bond donors (Lipinski definition) is 1. The quantitative estimate of drug-likeness (QED) is 0.650. The SMILES string of the molecule is CN(C)C[C@H]1[C@H]2C[C@H](CN(C(=O)Cn3cccnc3=O)C2)[C@@H]2CCCC(=O)N21.O=CO. The summed E-state index contributed by atoms with van der Waals surface area (Å²) in [4.78, 5) is 55.8. The Hall–Kier alpha value is -2.75. The number of amides is 2. The molecule has 3 saturated heterocycles. The number of likely N-dealkylation sites (N-methyl/N-ethyl adjacent to an activating group) is 1. The van der Waals surface area contributed by atoms with Crippen LogP contribution >= 0.6 is 0 Å². The second-order valence-corrected chi connectivity index (χ2v) is 8.78. The lowest BCUT2D eigenvalue weighted by Crippen LogP contribution is -2.67. The zero-order valence-corrected chi connectivity index (χ0v) is 18.1. The van der Waals surface area contributed by atoms with Crippen molar-refractivity contribution in [2.75, 3.05) is 33.7 Å². The first kappa shape index (κ1) is 22.9. The van der Waals surface area contributed by atoms with Gasteiger partial charge in [-0.3, -0.25) is 19.0 Å². The third-order valence-corrected chi connectivity index (χ3v) is 6.49. The molecule has 0 aromatic carbocycles. The molecule has 1 aromatic heterocycles. The zero-order valence-electron chi connectivity index (χ0n) is 18.1. The molecule has 3 aliphatic rings. The Morgan fingerprint density at radius 3 is 2.68 bits per heavy atom. The van der Waals surface area contributed by atoms with E-state index in [1.807, 2.05) is 19.0 Å². The lowest BCUT2D eigenvalue weighted by atomic mass is 9.72.